The van der Waals surface area contributed by atoms with Crippen LogP contribution < -0.4 is 5.32 Å². The van der Waals surface area contributed by atoms with E-state index in [4.69, 9.17) is 0 Å². The Labute approximate surface area is 135 Å². The van der Waals surface area contributed by atoms with Crippen molar-refractivity contribution in [2.45, 2.75) is 6.54 Å². The first kappa shape index (κ1) is 14.1. The van der Waals surface area contributed by atoms with E-state index in [0.717, 1.165) is 11.5 Å². The maximum absolute atomic E-state index is 11.2. The van der Waals surface area contributed by atoms with Gasteiger partial charge in [0.2, 0.25) is 0 Å². The van der Waals surface area contributed by atoms with Crippen LogP contribution in [0, 0.1) is 10.1 Å². The minimum Gasteiger partial charge on any atom is -0.376 e. The van der Waals surface area contributed by atoms with Crippen molar-refractivity contribution in [3.63, 3.8) is 0 Å². The van der Waals surface area contributed by atoms with Gasteiger partial charge in [0.15, 0.2) is 11.5 Å². The minimum absolute atomic E-state index is 0.0385. The topological polar surface area (TPSA) is 98.2 Å². The second-order valence-electron chi connectivity index (χ2n) is 5.19. The van der Waals surface area contributed by atoms with Gasteiger partial charge in [-0.15, -0.1) is 10.2 Å². The Kier molecular flexibility index (Phi) is 3.27. The number of non-ortho nitro benzene ring substituents is 1. The van der Waals surface area contributed by atoms with Crippen LogP contribution in [0.15, 0.2) is 54.9 Å². The Hall–Kier alpha value is -3.55. The molecule has 0 atom stereocenters. The lowest BCUT2D eigenvalue weighted by Gasteiger charge is -2.08. The number of aromatic nitrogens is 4. The maximum atomic E-state index is 11.2. The smallest absolute Gasteiger partial charge is 0.278 e. The zero-order valence-corrected chi connectivity index (χ0v) is 12.5. The highest BCUT2D eigenvalue weighted by molar-refractivity contribution is 5.96. The first-order valence-corrected chi connectivity index (χ1v) is 7.28. The van der Waals surface area contributed by atoms with Crippen molar-refractivity contribution in [2.24, 2.45) is 0 Å². The molecule has 0 fully saturated rings. The fourth-order valence-corrected chi connectivity index (χ4v) is 2.65. The molecule has 1 aromatic carbocycles. The average Bonchev–Trinajstić information content (AvgIpc) is 3.02. The number of hydrogen-bond donors (Lipinski definition) is 1. The quantitative estimate of drug-likeness (QED) is 0.458. The van der Waals surface area contributed by atoms with Crippen LogP contribution in [0.25, 0.3) is 16.6 Å². The van der Waals surface area contributed by atoms with E-state index in [9.17, 15) is 10.1 Å². The number of hydrogen-bond acceptors (Lipinski definition) is 6. The Balaban J connectivity index is 1.70. The number of benzene rings is 1. The molecule has 4 aromatic rings. The second kappa shape index (κ2) is 5.58. The molecule has 3 heterocycles. The van der Waals surface area contributed by atoms with Gasteiger partial charge in [-0.2, -0.15) is 0 Å². The van der Waals surface area contributed by atoms with E-state index >= 15 is 0 Å². The van der Waals surface area contributed by atoms with Crippen molar-refractivity contribution in [1.29, 1.82) is 0 Å². The summed E-state index contributed by atoms with van der Waals surface area (Å²) in [6, 6.07) is 12.2. The van der Waals surface area contributed by atoms with Gasteiger partial charge in [-0.05, 0) is 30.3 Å². The van der Waals surface area contributed by atoms with Crippen molar-refractivity contribution in [1.82, 2.24) is 19.6 Å². The molecule has 1 N–H and O–H groups in total. The van der Waals surface area contributed by atoms with Gasteiger partial charge in [-0.1, -0.05) is 6.07 Å². The zero-order valence-electron chi connectivity index (χ0n) is 12.5. The highest BCUT2D eigenvalue weighted by Crippen LogP contribution is 2.29. The lowest BCUT2D eigenvalue weighted by atomic mass is 10.1. The molecular formula is C16H12N6O2. The summed E-state index contributed by atoms with van der Waals surface area (Å²) in [5.41, 5.74) is 2.07. The van der Waals surface area contributed by atoms with Crippen molar-refractivity contribution >= 4 is 27.9 Å². The number of rotatable bonds is 4. The van der Waals surface area contributed by atoms with Crippen molar-refractivity contribution in [3.8, 4) is 0 Å². The highest BCUT2D eigenvalue weighted by Gasteiger charge is 2.15. The molecule has 0 unspecified atom stereocenters. The summed E-state index contributed by atoms with van der Waals surface area (Å²) in [5, 5.41) is 23.1. The van der Waals surface area contributed by atoms with Gasteiger partial charge in [0.1, 0.15) is 5.52 Å². The lowest BCUT2D eigenvalue weighted by Crippen LogP contribution is -2.05. The molecule has 0 saturated carbocycles. The van der Waals surface area contributed by atoms with Crippen LogP contribution in [0.3, 0.4) is 0 Å². The lowest BCUT2D eigenvalue weighted by molar-refractivity contribution is -0.383. The van der Waals surface area contributed by atoms with Gasteiger partial charge in [0.05, 0.1) is 22.5 Å². The summed E-state index contributed by atoms with van der Waals surface area (Å²) in [6.07, 6.45) is 3.50. The Morgan fingerprint density at radius 2 is 2.04 bits per heavy atom. The van der Waals surface area contributed by atoms with E-state index in [-0.39, 0.29) is 5.69 Å². The number of nitrogens with one attached hydrogen (secondary N) is 1. The van der Waals surface area contributed by atoms with E-state index in [0.29, 0.717) is 23.1 Å². The summed E-state index contributed by atoms with van der Waals surface area (Å²) < 4.78 is 1.88. The fraction of sp³-hybridized carbons (Fsp3) is 0.0625. The average molecular weight is 320 g/mol. The molecule has 24 heavy (non-hydrogen) atoms. The predicted molar refractivity (Wildman–Crippen MR) is 88.7 cm³/mol. The normalized spacial score (nSPS) is 11.0. The van der Waals surface area contributed by atoms with Gasteiger partial charge in [-0.3, -0.25) is 19.5 Å². The Morgan fingerprint density at radius 1 is 1.12 bits per heavy atom. The molecule has 0 amide bonds. The summed E-state index contributed by atoms with van der Waals surface area (Å²) in [7, 11) is 0. The number of anilines is 1. The molecular weight excluding hydrogens is 308 g/mol. The molecule has 4 rings (SSSR count). The number of nitrogens with zero attached hydrogens (tertiary/aromatic N) is 5. The summed E-state index contributed by atoms with van der Waals surface area (Å²) in [6.45, 7) is 0.425. The van der Waals surface area contributed by atoms with E-state index < -0.39 is 4.92 Å². The van der Waals surface area contributed by atoms with E-state index in [1.807, 2.05) is 28.8 Å². The predicted octanol–water partition coefficient (Wildman–Crippen LogP) is 2.80. The first-order chi connectivity index (χ1) is 11.7. The monoisotopic (exact) mass is 320 g/mol. The summed E-state index contributed by atoms with van der Waals surface area (Å²) in [5.74, 6) is 0.744. The SMILES string of the molecule is O=[N+]([O-])c1ccc(NCc2nnc3ccccn23)c2ncccc12. The Bertz CT molecular complexity index is 1060. The molecule has 0 radical (unpaired) electrons. The van der Waals surface area contributed by atoms with Gasteiger partial charge < -0.3 is 5.32 Å². The van der Waals surface area contributed by atoms with Gasteiger partial charge in [0, 0.05) is 18.5 Å². The Morgan fingerprint density at radius 3 is 2.92 bits per heavy atom. The third-order valence-electron chi connectivity index (χ3n) is 3.76. The maximum Gasteiger partial charge on any atom is 0.278 e. The standard InChI is InChI=1S/C16H12N6O2/c23-22(24)13-7-6-12(16-11(13)4-3-8-17-16)18-10-15-20-19-14-5-1-2-9-21(14)15/h1-9,18H,10H2. The fourth-order valence-electron chi connectivity index (χ4n) is 2.65. The molecule has 8 nitrogen and oxygen atoms in total. The van der Waals surface area contributed by atoms with Crippen molar-refractivity contribution < 1.29 is 4.92 Å². The molecule has 118 valence electrons. The number of fused-ring (bicyclic) bond motifs is 2. The largest absolute Gasteiger partial charge is 0.376 e. The van der Waals surface area contributed by atoms with E-state index in [1.54, 1.807) is 24.4 Å². The molecule has 0 aliphatic rings. The molecule has 3 aromatic heterocycles. The number of pyridine rings is 2. The zero-order chi connectivity index (χ0) is 16.5. The molecule has 8 heteroatoms. The molecule has 0 aliphatic heterocycles. The first-order valence-electron chi connectivity index (χ1n) is 7.28. The summed E-state index contributed by atoms with van der Waals surface area (Å²) in [4.78, 5) is 15.0. The molecule has 0 aliphatic carbocycles. The third kappa shape index (κ3) is 2.30. The van der Waals surface area contributed by atoms with Crippen LogP contribution in [-0.2, 0) is 6.54 Å². The molecule has 0 saturated heterocycles. The van der Waals surface area contributed by atoms with Crippen molar-refractivity contribution in [2.75, 3.05) is 5.32 Å². The third-order valence-corrected chi connectivity index (χ3v) is 3.76. The van der Waals surface area contributed by atoms with Crippen LogP contribution in [0.4, 0.5) is 11.4 Å². The van der Waals surface area contributed by atoms with Crippen LogP contribution in [0.2, 0.25) is 0 Å². The van der Waals surface area contributed by atoms with Crippen molar-refractivity contribution in [3.05, 3.63) is 70.8 Å². The molecule has 0 bridgehead atoms. The van der Waals surface area contributed by atoms with Crippen LogP contribution in [0.5, 0.6) is 0 Å². The second-order valence-corrected chi connectivity index (χ2v) is 5.19. The van der Waals surface area contributed by atoms with Crippen LogP contribution in [-0.4, -0.2) is 24.5 Å². The minimum atomic E-state index is -0.403. The van der Waals surface area contributed by atoms with Gasteiger partial charge >= 0.3 is 0 Å². The number of nitro groups is 1. The van der Waals surface area contributed by atoms with Gasteiger partial charge in [-0.25, -0.2) is 0 Å². The number of nitro benzene ring substituents is 1. The summed E-state index contributed by atoms with van der Waals surface area (Å²) >= 11 is 0. The van der Waals surface area contributed by atoms with E-state index in [2.05, 4.69) is 20.5 Å². The molecule has 0 spiro atoms. The van der Waals surface area contributed by atoms with E-state index in [1.165, 1.54) is 6.07 Å². The van der Waals surface area contributed by atoms with Gasteiger partial charge in [0.25, 0.3) is 5.69 Å². The van der Waals surface area contributed by atoms with Crippen LogP contribution in [0.1, 0.15) is 5.82 Å². The highest BCUT2D eigenvalue weighted by atomic mass is 16.6. The van der Waals surface area contributed by atoms with Crippen LogP contribution >= 0.6 is 0 Å².